The number of nitrogens with zero attached hydrogens (tertiary/aromatic N) is 2. The zero-order valence-corrected chi connectivity index (χ0v) is 19.5. The summed E-state index contributed by atoms with van der Waals surface area (Å²) < 4.78 is 13.2. The van der Waals surface area contributed by atoms with Crippen LogP contribution in [0, 0.1) is 0 Å². The molecule has 0 aliphatic carbocycles. The van der Waals surface area contributed by atoms with Gasteiger partial charge in [0.05, 0.1) is 6.33 Å². The molecule has 1 amide bonds. The highest BCUT2D eigenvalue weighted by Gasteiger charge is 2.15. The number of aromatic nitrogens is 2. The molecule has 1 N–H and O–H groups in total. The number of benzene rings is 2. The van der Waals surface area contributed by atoms with Crippen molar-refractivity contribution in [3.8, 4) is 11.5 Å². The second kappa shape index (κ2) is 9.94. The van der Waals surface area contributed by atoms with Crippen molar-refractivity contribution >= 4 is 17.2 Å². The number of rotatable bonds is 7. The van der Waals surface area contributed by atoms with Gasteiger partial charge in [-0.15, -0.1) is 0 Å². The molecule has 172 valence electrons. The predicted molar refractivity (Wildman–Crippen MR) is 131 cm³/mol. The lowest BCUT2D eigenvalue weighted by atomic mass is 9.86. The second-order valence-electron chi connectivity index (χ2n) is 9.25. The number of nitrogens with one attached hydrogen (secondary N) is 1. The Morgan fingerprint density at radius 3 is 2.55 bits per heavy atom. The fourth-order valence-electron chi connectivity index (χ4n) is 3.81. The van der Waals surface area contributed by atoms with Gasteiger partial charge in [-0.25, -0.2) is 4.98 Å². The van der Waals surface area contributed by atoms with E-state index in [-0.39, 0.29) is 11.3 Å². The number of hydrogen-bond acceptors (Lipinski definition) is 4. The van der Waals surface area contributed by atoms with Crippen LogP contribution in [0.5, 0.6) is 11.5 Å². The Morgan fingerprint density at radius 1 is 1.09 bits per heavy atom. The molecule has 0 saturated heterocycles. The zero-order valence-electron chi connectivity index (χ0n) is 19.5. The van der Waals surface area contributed by atoms with Crippen molar-refractivity contribution < 1.29 is 14.3 Å². The number of aryl methyl sites for hydroxylation is 1. The molecule has 1 aromatic heterocycles. The maximum Gasteiger partial charge on any atom is 0.248 e. The van der Waals surface area contributed by atoms with E-state index in [2.05, 4.69) is 59.9 Å². The highest BCUT2D eigenvalue weighted by Crippen LogP contribution is 2.33. The van der Waals surface area contributed by atoms with Crippen LogP contribution >= 0.6 is 0 Å². The third-order valence-corrected chi connectivity index (χ3v) is 5.66. The quantitative estimate of drug-likeness (QED) is 0.491. The van der Waals surface area contributed by atoms with E-state index in [0.717, 1.165) is 30.5 Å². The molecule has 0 atom stereocenters. The monoisotopic (exact) mass is 445 g/mol. The topological polar surface area (TPSA) is 65.4 Å². The molecule has 0 bridgehead atoms. The molecule has 33 heavy (non-hydrogen) atoms. The average Bonchev–Trinajstić information content (AvgIpc) is 3.31. The van der Waals surface area contributed by atoms with Crippen LogP contribution in [-0.2, 0) is 16.8 Å². The van der Waals surface area contributed by atoms with Gasteiger partial charge in [0.2, 0.25) is 5.91 Å². The molecule has 4 rings (SSSR count). The van der Waals surface area contributed by atoms with Gasteiger partial charge in [-0.05, 0) is 47.1 Å². The molecule has 0 unspecified atom stereocenters. The summed E-state index contributed by atoms with van der Waals surface area (Å²) in [5, 5.41) is 2.97. The van der Waals surface area contributed by atoms with Crippen LogP contribution in [-0.4, -0.2) is 28.7 Å². The van der Waals surface area contributed by atoms with Crippen molar-refractivity contribution in [2.45, 2.75) is 45.6 Å². The smallest absolute Gasteiger partial charge is 0.248 e. The van der Waals surface area contributed by atoms with Crippen LogP contribution in [0.15, 0.2) is 67.3 Å². The number of carbonyl (C=O) groups is 1. The Hall–Kier alpha value is -3.54. The number of imidazole rings is 1. The molecule has 0 radical (unpaired) electrons. The minimum absolute atomic E-state index is 0.0828. The summed E-state index contributed by atoms with van der Waals surface area (Å²) in [5.74, 6) is 1.19. The minimum atomic E-state index is -0.163. The van der Waals surface area contributed by atoms with Gasteiger partial charge in [-0.2, -0.15) is 0 Å². The third-order valence-electron chi connectivity index (χ3n) is 5.66. The third kappa shape index (κ3) is 6.04. The number of fused-ring (bicyclic) bond motifs is 1. The summed E-state index contributed by atoms with van der Waals surface area (Å²) in [5.41, 5.74) is 4.10. The van der Waals surface area contributed by atoms with Crippen LogP contribution in [0.1, 0.15) is 44.7 Å². The highest BCUT2D eigenvalue weighted by atomic mass is 16.6. The first kappa shape index (κ1) is 22.6. The second-order valence-corrected chi connectivity index (χ2v) is 9.25. The first-order valence-electron chi connectivity index (χ1n) is 11.4. The SMILES string of the molecule is CC(C)(C)c1ccc(/C(=C/C(=O)Nc2ccc3c(c2)OCCO3)CCCn2ccnc2)cc1. The number of allylic oxidation sites excluding steroid dienone is 1. The molecule has 0 spiro atoms. The summed E-state index contributed by atoms with van der Waals surface area (Å²) >= 11 is 0. The normalized spacial score (nSPS) is 13.6. The Morgan fingerprint density at radius 2 is 1.85 bits per heavy atom. The fourth-order valence-corrected chi connectivity index (χ4v) is 3.81. The van der Waals surface area contributed by atoms with E-state index in [1.54, 1.807) is 18.3 Å². The number of amides is 1. The minimum Gasteiger partial charge on any atom is -0.486 e. The summed E-state index contributed by atoms with van der Waals surface area (Å²) in [4.78, 5) is 17.0. The van der Waals surface area contributed by atoms with Gasteiger partial charge in [0, 0.05) is 36.8 Å². The van der Waals surface area contributed by atoms with Gasteiger partial charge in [-0.1, -0.05) is 45.0 Å². The van der Waals surface area contributed by atoms with Crippen molar-refractivity contribution in [1.29, 1.82) is 0 Å². The van der Waals surface area contributed by atoms with Gasteiger partial charge in [0.1, 0.15) is 13.2 Å². The molecule has 2 heterocycles. The number of anilines is 1. The van der Waals surface area contributed by atoms with E-state index in [0.29, 0.717) is 30.4 Å². The van der Waals surface area contributed by atoms with Gasteiger partial charge in [-0.3, -0.25) is 4.79 Å². The van der Waals surface area contributed by atoms with Crippen LogP contribution in [0.4, 0.5) is 5.69 Å². The highest BCUT2D eigenvalue weighted by molar-refractivity contribution is 6.04. The van der Waals surface area contributed by atoms with E-state index >= 15 is 0 Å². The summed E-state index contributed by atoms with van der Waals surface area (Å²) in [6.07, 6.45) is 8.94. The van der Waals surface area contributed by atoms with Gasteiger partial charge in [0.25, 0.3) is 0 Å². The molecule has 1 aliphatic heterocycles. The van der Waals surface area contributed by atoms with Crippen molar-refractivity contribution in [1.82, 2.24) is 9.55 Å². The number of carbonyl (C=O) groups excluding carboxylic acids is 1. The Labute approximate surface area is 195 Å². The zero-order chi connectivity index (χ0) is 23.3. The van der Waals surface area contributed by atoms with E-state index in [9.17, 15) is 4.79 Å². The molecule has 3 aromatic rings. The van der Waals surface area contributed by atoms with E-state index < -0.39 is 0 Å². The van der Waals surface area contributed by atoms with E-state index in [1.165, 1.54) is 5.56 Å². The standard InChI is InChI=1S/C27H31N3O3/c1-27(2,3)22-8-6-20(7-9-22)21(5-4-13-30-14-12-28-19-30)17-26(31)29-23-10-11-24-25(18-23)33-16-15-32-24/h6-12,14,17-19H,4-5,13,15-16H2,1-3H3,(H,29,31)/b21-17+. The van der Waals surface area contributed by atoms with Gasteiger partial charge >= 0.3 is 0 Å². The van der Waals surface area contributed by atoms with Gasteiger partial charge in [0.15, 0.2) is 11.5 Å². The van der Waals surface area contributed by atoms with Crippen molar-refractivity contribution in [3.63, 3.8) is 0 Å². The van der Waals surface area contributed by atoms with E-state index in [1.807, 2.05) is 24.7 Å². The number of hydrogen-bond donors (Lipinski definition) is 1. The molecule has 0 fully saturated rings. The first-order valence-corrected chi connectivity index (χ1v) is 11.4. The molecular weight excluding hydrogens is 414 g/mol. The number of ether oxygens (including phenoxy) is 2. The molecule has 1 aliphatic rings. The predicted octanol–water partition coefficient (Wildman–Crippen LogP) is 5.45. The molecule has 2 aromatic carbocycles. The van der Waals surface area contributed by atoms with Crippen molar-refractivity contribution in [2.75, 3.05) is 18.5 Å². The van der Waals surface area contributed by atoms with Crippen LogP contribution in [0.3, 0.4) is 0 Å². The maximum atomic E-state index is 12.9. The van der Waals surface area contributed by atoms with Crippen molar-refractivity contribution in [2.24, 2.45) is 0 Å². The lowest BCUT2D eigenvalue weighted by molar-refractivity contribution is -0.111. The first-order chi connectivity index (χ1) is 15.9. The fraction of sp³-hybridized carbons (Fsp3) is 0.333. The lowest BCUT2D eigenvalue weighted by Crippen LogP contribution is -2.16. The lowest BCUT2D eigenvalue weighted by Gasteiger charge is -2.20. The summed E-state index contributed by atoms with van der Waals surface area (Å²) in [6.45, 7) is 8.50. The van der Waals surface area contributed by atoms with E-state index in [4.69, 9.17) is 9.47 Å². The summed E-state index contributed by atoms with van der Waals surface area (Å²) in [7, 11) is 0. The van der Waals surface area contributed by atoms with Crippen LogP contribution < -0.4 is 14.8 Å². The average molecular weight is 446 g/mol. The maximum absolute atomic E-state index is 12.9. The van der Waals surface area contributed by atoms with Crippen LogP contribution in [0.2, 0.25) is 0 Å². The molecule has 0 saturated carbocycles. The molecule has 6 heteroatoms. The van der Waals surface area contributed by atoms with Crippen molar-refractivity contribution in [3.05, 3.63) is 78.4 Å². The Balaban J connectivity index is 1.51. The Kier molecular flexibility index (Phi) is 6.82. The molecular formula is C27H31N3O3. The molecule has 6 nitrogen and oxygen atoms in total. The Bertz CT molecular complexity index is 1110. The van der Waals surface area contributed by atoms with Gasteiger partial charge < -0.3 is 19.4 Å². The largest absolute Gasteiger partial charge is 0.486 e. The summed E-state index contributed by atoms with van der Waals surface area (Å²) in [6, 6.07) is 14.0. The van der Waals surface area contributed by atoms with Crippen LogP contribution in [0.25, 0.3) is 5.57 Å².